The van der Waals surface area contributed by atoms with Crippen molar-refractivity contribution >= 4 is 45.9 Å². The number of carbonyl (C=O) groups is 1. The van der Waals surface area contributed by atoms with E-state index < -0.39 is 0 Å². The number of hydrogen-bond donors (Lipinski definition) is 0. The standard InChI is InChI=1S/C39H39BN2O/c1-25(2)30-23-32(26(3)4)38(33(24-30)27(5)6)40-34-11-7-9-13-36(34)42(37-14-10-8-12-35(37)40)31-17-15-28(16-18-31)39(43)29-19-21-41-22-20-29/h7-27H,1-6H3. The Morgan fingerprint density at radius 2 is 1.12 bits per heavy atom. The Hall–Kier alpha value is -4.44. The number of rotatable bonds is 7. The van der Waals surface area contributed by atoms with E-state index in [1.165, 1.54) is 44.5 Å². The molecule has 0 amide bonds. The van der Waals surface area contributed by atoms with Gasteiger partial charge in [0, 0.05) is 40.6 Å². The highest BCUT2D eigenvalue weighted by molar-refractivity contribution is 6.98. The summed E-state index contributed by atoms with van der Waals surface area (Å²) in [6.07, 6.45) is 3.32. The normalized spacial score (nSPS) is 12.6. The van der Waals surface area contributed by atoms with Crippen molar-refractivity contribution in [3.8, 4) is 0 Å². The van der Waals surface area contributed by atoms with Crippen LogP contribution in [0.5, 0.6) is 0 Å². The van der Waals surface area contributed by atoms with Gasteiger partial charge < -0.3 is 4.90 Å². The van der Waals surface area contributed by atoms with E-state index in [9.17, 15) is 4.79 Å². The van der Waals surface area contributed by atoms with Gasteiger partial charge in [0.05, 0.1) is 0 Å². The molecule has 1 aliphatic heterocycles. The molecule has 0 radical (unpaired) electrons. The zero-order valence-corrected chi connectivity index (χ0v) is 26.0. The van der Waals surface area contributed by atoms with Gasteiger partial charge in [0.1, 0.15) is 0 Å². The first kappa shape index (κ1) is 28.7. The Morgan fingerprint density at radius 1 is 0.628 bits per heavy atom. The quantitative estimate of drug-likeness (QED) is 0.146. The van der Waals surface area contributed by atoms with Crippen molar-refractivity contribution in [2.75, 3.05) is 4.90 Å². The van der Waals surface area contributed by atoms with Crippen LogP contribution in [0.4, 0.5) is 17.1 Å². The minimum atomic E-state index is 0.000678. The molecule has 0 unspecified atom stereocenters. The highest BCUT2D eigenvalue weighted by Crippen LogP contribution is 2.37. The van der Waals surface area contributed by atoms with Crippen molar-refractivity contribution in [1.82, 2.24) is 4.98 Å². The summed E-state index contributed by atoms with van der Waals surface area (Å²) in [5.74, 6) is 1.27. The Bertz CT molecular complexity index is 1700. The molecule has 0 bridgehead atoms. The lowest BCUT2D eigenvalue weighted by atomic mass is 9.33. The van der Waals surface area contributed by atoms with Gasteiger partial charge in [-0.3, -0.25) is 9.78 Å². The Balaban J connectivity index is 1.53. The molecule has 0 aliphatic carbocycles. The van der Waals surface area contributed by atoms with Crippen LogP contribution >= 0.6 is 0 Å². The minimum Gasteiger partial charge on any atom is -0.312 e. The Morgan fingerprint density at radius 3 is 1.60 bits per heavy atom. The van der Waals surface area contributed by atoms with Crippen LogP contribution in [0, 0.1) is 0 Å². The zero-order chi connectivity index (χ0) is 30.2. The van der Waals surface area contributed by atoms with E-state index in [4.69, 9.17) is 0 Å². The number of nitrogens with zero attached hydrogens (tertiary/aromatic N) is 2. The molecule has 1 aromatic heterocycles. The van der Waals surface area contributed by atoms with Gasteiger partial charge in [0.2, 0.25) is 6.71 Å². The molecule has 5 aromatic rings. The number of aromatic nitrogens is 1. The monoisotopic (exact) mass is 562 g/mol. The smallest absolute Gasteiger partial charge is 0.247 e. The number of hydrogen-bond acceptors (Lipinski definition) is 3. The van der Waals surface area contributed by atoms with Crippen LogP contribution in [0.3, 0.4) is 0 Å². The molecule has 0 saturated heterocycles. The van der Waals surface area contributed by atoms with Gasteiger partial charge in [-0.2, -0.15) is 0 Å². The lowest BCUT2D eigenvalue weighted by Crippen LogP contribution is -2.59. The molecule has 0 N–H and O–H groups in total. The summed E-state index contributed by atoms with van der Waals surface area (Å²) >= 11 is 0. The summed E-state index contributed by atoms with van der Waals surface area (Å²) in [5.41, 5.74) is 13.1. The lowest BCUT2D eigenvalue weighted by molar-refractivity contribution is 0.103. The van der Waals surface area contributed by atoms with E-state index in [2.05, 4.69) is 124 Å². The molecule has 0 fully saturated rings. The van der Waals surface area contributed by atoms with E-state index in [1.807, 2.05) is 12.1 Å². The minimum absolute atomic E-state index is 0.000678. The van der Waals surface area contributed by atoms with Crippen LogP contribution in [0.2, 0.25) is 0 Å². The number of fused-ring (bicyclic) bond motifs is 2. The summed E-state index contributed by atoms with van der Waals surface area (Å²) in [4.78, 5) is 19.5. The largest absolute Gasteiger partial charge is 0.312 e. The molecular formula is C39H39BN2O. The molecule has 6 rings (SSSR count). The van der Waals surface area contributed by atoms with Gasteiger partial charge in [0.25, 0.3) is 0 Å². The first-order valence-corrected chi connectivity index (χ1v) is 15.5. The third kappa shape index (κ3) is 5.20. The van der Waals surface area contributed by atoms with Gasteiger partial charge in [-0.1, -0.05) is 95.5 Å². The summed E-state index contributed by atoms with van der Waals surface area (Å²) in [5, 5.41) is 0. The molecule has 3 nitrogen and oxygen atoms in total. The van der Waals surface area contributed by atoms with Gasteiger partial charge in [-0.25, -0.2) is 0 Å². The van der Waals surface area contributed by atoms with Gasteiger partial charge in [-0.05, 0) is 93.9 Å². The molecule has 4 heteroatoms. The molecule has 4 aromatic carbocycles. The second-order valence-corrected chi connectivity index (χ2v) is 12.6. The van der Waals surface area contributed by atoms with Crippen molar-refractivity contribution in [1.29, 1.82) is 0 Å². The second-order valence-electron chi connectivity index (χ2n) is 12.6. The highest BCUT2D eigenvalue weighted by Gasteiger charge is 2.38. The molecule has 43 heavy (non-hydrogen) atoms. The zero-order valence-electron chi connectivity index (χ0n) is 26.0. The maximum atomic E-state index is 13.1. The average Bonchev–Trinajstić information content (AvgIpc) is 3.03. The number of pyridine rings is 1. The third-order valence-electron chi connectivity index (χ3n) is 8.77. The van der Waals surface area contributed by atoms with Crippen LogP contribution in [0.25, 0.3) is 0 Å². The maximum absolute atomic E-state index is 13.1. The van der Waals surface area contributed by atoms with Crippen molar-refractivity contribution in [2.24, 2.45) is 0 Å². The van der Waals surface area contributed by atoms with Crippen LogP contribution in [-0.2, 0) is 0 Å². The van der Waals surface area contributed by atoms with Crippen LogP contribution < -0.4 is 21.3 Å². The fourth-order valence-electron chi connectivity index (χ4n) is 6.53. The predicted molar refractivity (Wildman–Crippen MR) is 182 cm³/mol. The highest BCUT2D eigenvalue weighted by atomic mass is 16.1. The molecule has 2 heterocycles. The van der Waals surface area contributed by atoms with Gasteiger partial charge >= 0.3 is 0 Å². The molecule has 0 saturated carbocycles. The van der Waals surface area contributed by atoms with Crippen molar-refractivity contribution in [3.63, 3.8) is 0 Å². The third-order valence-corrected chi connectivity index (χ3v) is 8.77. The van der Waals surface area contributed by atoms with Crippen molar-refractivity contribution < 1.29 is 4.79 Å². The molecule has 214 valence electrons. The van der Waals surface area contributed by atoms with Crippen molar-refractivity contribution in [3.05, 3.63) is 137 Å². The topological polar surface area (TPSA) is 33.2 Å². The average molecular weight is 563 g/mol. The number of para-hydroxylation sites is 2. The number of ketones is 1. The van der Waals surface area contributed by atoms with E-state index in [0.29, 0.717) is 28.9 Å². The number of benzene rings is 4. The van der Waals surface area contributed by atoms with E-state index in [0.717, 1.165) is 5.69 Å². The van der Waals surface area contributed by atoms with Crippen LogP contribution in [-0.4, -0.2) is 17.5 Å². The molecule has 0 spiro atoms. The maximum Gasteiger partial charge on any atom is 0.247 e. The fraction of sp³-hybridized carbons (Fsp3) is 0.231. The van der Waals surface area contributed by atoms with E-state index >= 15 is 0 Å². The first-order valence-electron chi connectivity index (χ1n) is 15.5. The SMILES string of the molecule is CC(C)c1cc(C(C)C)c(B2c3ccccc3N(c3ccc(C(=O)c4ccncc4)cc3)c3ccccc32)c(C(C)C)c1. The Kier molecular flexibility index (Phi) is 7.79. The number of carbonyl (C=O) groups excluding carboxylic acids is 1. The molecule has 1 aliphatic rings. The van der Waals surface area contributed by atoms with Crippen LogP contribution in [0.15, 0.2) is 109 Å². The fourth-order valence-corrected chi connectivity index (χ4v) is 6.53. The summed E-state index contributed by atoms with van der Waals surface area (Å²) < 4.78 is 0. The molecule has 0 atom stereocenters. The van der Waals surface area contributed by atoms with Crippen molar-refractivity contribution in [2.45, 2.75) is 59.3 Å². The lowest BCUT2D eigenvalue weighted by Gasteiger charge is -2.38. The summed E-state index contributed by atoms with van der Waals surface area (Å²) in [6.45, 7) is 14.0. The summed E-state index contributed by atoms with van der Waals surface area (Å²) in [6, 6.07) is 34.1. The van der Waals surface area contributed by atoms with E-state index in [-0.39, 0.29) is 12.5 Å². The van der Waals surface area contributed by atoms with Gasteiger partial charge in [0.15, 0.2) is 5.78 Å². The Labute approximate surface area is 256 Å². The second kappa shape index (κ2) is 11.7. The van der Waals surface area contributed by atoms with Crippen LogP contribution in [0.1, 0.15) is 91.9 Å². The first-order chi connectivity index (χ1) is 20.8. The summed E-state index contributed by atoms with van der Waals surface area (Å²) in [7, 11) is 0. The molecular weight excluding hydrogens is 523 g/mol. The van der Waals surface area contributed by atoms with Gasteiger partial charge in [-0.15, -0.1) is 0 Å². The predicted octanol–water partition coefficient (Wildman–Crippen LogP) is 7.98. The van der Waals surface area contributed by atoms with E-state index in [1.54, 1.807) is 24.5 Å². The number of anilines is 3.